The molecule has 0 atom stereocenters. The fourth-order valence-corrected chi connectivity index (χ4v) is 3.28. The zero-order chi connectivity index (χ0) is 22.9. The van der Waals surface area contributed by atoms with Crippen molar-refractivity contribution in [2.24, 2.45) is 5.73 Å². The van der Waals surface area contributed by atoms with Gasteiger partial charge in [0.05, 0.1) is 12.0 Å². The van der Waals surface area contributed by atoms with E-state index in [4.69, 9.17) is 20.6 Å². The van der Waals surface area contributed by atoms with Crippen molar-refractivity contribution in [3.8, 4) is 5.75 Å². The summed E-state index contributed by atoms with van der Waals surface area (Å²) in [7, 11) is 0. The van der Waals surface area contributed by atoms with Gasteiger partial charge in [0.15, 0.2) is 12.6 Å². The van der Waals surface area contributed by atoms with Crippen molar-refractivity contribution >= 4 is 29.5 Å². The number of nitrogens with zero attached hydrogens (tertiary/aromatic N) is 1. The first kappa shape index (κ1) is 22.8. The molecule has 32 heavy (non-hydrogen) atoms. The summed E-state index contributed by atoms with van der Waals surface area (Å²) in [6.07, 6.45) is 3.11. The zero-order valence-electron chi connectivity index (χ0n) is 17.6. The Morgan fingerprint density at radius 3 is 2.25 bits per heavy atom. The summed E-state index contributed by atoms with van der Waals surface area (Å²) in [5.41, 5.74) is 6.87. The Labute approximate surface area is 186 Å². The number of carbonyl (C=O) groups excluding carboxylic acids is 3. The van der Waals surface area contributed by atoms with Crippen molar-refractivity contribution in [1.82, 2.24) is 4.90 Å². The summed E-state index contributed by atoms with van der Waals surface area (Å²) in [6.45, 7) is 1.20. The highest BCUT2D eigenvalue weighted by molar-refractivity contribution is 5.93. The predicted molar refractivity (Wildman–Crippen MR) is 118 cm³/mol. The van der Waals surface area contributed by atoms with Crippen molar-refractivity contribution in [2.45, 2.75) is 25.7 Å². The number of guanidine groups is 1. The third kappa shape index (κ3) is 6.83. The molecule has 0 saturated carbocycles. The average molecular weight is 438 g/mol. The van der Waals surface area contributed by atoms with Gasteiger partial charge in [-0.3, -0.25) is 15.0 Å². The van der Waals surface area contributed by atoms with Crippen LogP contribution >= 0.6 is 0 Å². The number of nitrogens with two attached hydrogens (primary N) is 1. The second-order valence-corrected chi connectivity index (χ2v) is 7.43. The predicted octanol–water partition coefficient (Wildman–Crippen LogP) is 2.31. The summed E-state index contributed by atoms with van der Waals surface area (Å²) in [5, 5.41) is 9.82. The zero-order valence-corrected chi connectivity index (χ0v) is 17.6. The van der Waals surface area contributed by atoms with E-state index in [-0.39, 0.29) is 24.9 Å². The molecule has 168 valence electrons. The number of benzene rings is 2. The monoisotopic (exact) mass is 438 g/mol. The second kappa shape index (κ2) is 10.9. The summed E-state index contributed by atoms with van der Waals surface area (Å²) >= 11 is 0. The fraction of sp³-hybridized carbons (Fsp3) is 0.304. The molecule has 0 spiro atoms. The van der Waals surface area contributed by atoms with Gasteiger partial charge < -0.3 is 25.4 Å². The number of rotatable bonds is 7. The second-order valence-electron chi connectivity index (χ2n) is 7.43. The topological polar surface area (TPSA) is 135 Å². The van der Waals surface area contributed by atoms with Gasteiger partial charge in [-0.2, -0.15) is 0 Å². The molecule has 0 bridgehead atoms. The third-order valence-corrected chi connectivity index (χ3v) is 4.95. The number of piperidine rings is 1. The molecule has 4 N–H and O–H groups in total. The molecule has 1 saturated heterocycles. The van der Waals surface area contributed by atoms with E-state index in [2.05, 4.69) is 5.32 Å². The fourth-order valence-electron chi connectivity index (χ4n) is 3.28. The minimum absolute atomic E-state index is 0.0200. The molecule has 9 heteroatoms. The van der Waals surface area contributed by atoms with Gasteiger partial charge in [0.2, 0.25) is 0 Å². The number of likely N-dealkylation sites (tertiary alicyclic amines) is 1. The molecule has 1 heterocycles. The number of anilines is 1. The van der Waals surface area contributed by atoms with Gasteiger partial charge in [-0.25, -0.2) is 4.79 Å². The van der Waals surface area contributed by atoms with Gasteiger partial charge in [-0.15, -0.1) is 0 Å². The highest BCUT2D eigenvalue weighted by atomic mass is 16.5. The first-order valence-corrected chi connectivity index (χ1v) is 10.4. The first-order valence-electron chi connectivity index (χ1n) is 10.4. The number of ether oxygens (including phenoxy) is 2. The van der Waals surface area contributed by atoms with Crippen LogP contribution < -0.4 is 15.8 Å². The molecule has 1 fully saturated rings. The lowest BCUT2D eigenvalue weighted by atomic mass is 10.1. The molecule has 0 radical (unpaired) electrons. The number of carbonyl (C=O) groups is 3. The summed E-state index contributed by atoms with van der Waals surface area (Å²) in [5.74, 6) is -1.05. The Hall–Kier alpha value is -3.88. The summed E-state index contributed by atoms with van der Waals surface area (Å²) in [6, 6.07) is 12.8. The van der Waals surface area contributed by atoms with Crippen LogP contribution in [0.15, 0.2) is 48.5 Å². The molecule has 0 aromatic heterocycles. The average Bonchev–Trinajstić information content (AvgIpc) is 2.79. The van der Waals surface area contributed by atoms with E-state index in [0.717, 1.165) is 32.4 Å². The van der Waals surface area contributed by atoms with Crippen LogP contribution in [0, 0.1) is 5.41 Å². The SMILES string of the molecule is N=C(N)Nc1ccc(C(=O)Oc2ccc(CC(=O)OCC(=O)N3CCCCC3)cc2)cc1. The van der Waals surface area contributed by atoms with E-state index in [9.17, 15) is 14.4 Å². The highest BCUT2D eigenvalue weighted by Gasteiger charge is 2.18. The lowest BCUT2D eigenvalue weighted by molar-refractivity contribution is -0.151. The molecule has 0 unspecified atom stereocenters. The van der Waals surface area contributed by atoms with Crippen LogP contribution in [0.25, 0.3) is 0 Å². The molecule has 1 aliphatic rings. The summed E-state index contributed by atoms with van der Waals surface area (Å²) < 4.78 is 10.4. The molecule has 1 amide bonds. The van der Waals surface area contributed by atoms with Crippen LogP contribution in [0.3, 0.4) is 0 Å². The Morgan fingerprint density at radius 1 is 0.969 bits per heavy atom. The Balaban J connectivity index is 1.45. The Kier molecular flexibility index (Phi) is 7.80. The largest absolute Gasteiger partial charge is 0.455 e. The van der Waals surface area contributed by atoms with E-state index in [1.807, 2.05) is 0 Å². The van der Waals surface area contributed by atoms with Gasteiger partial charge in [0, 0.05) is 18.8 Å². The first-order chi connectivity index (χ1) is 15.4. The highest BCUT2D eigenvalue weighted by Crippen LogP contribution is 2.16. The number of esters is 2. The standard InChI is InChI=1S/C23H26N4O5/c24-23(25)26-18-8-6-17(7-9-18)22(30)32-19-10-4-16(5-11-19)14-21(29)31-15-20(28)27-12-2-1-3-13-27/h4-11H,1-3,12-15H2,(H4,24,25,26). The molecule has 2 aromatic rings. The van der Waals surface area contributed by atoms with Crippen LogP contribution in [0.1, 0.15) is 35.2 Å². The maximum absolute atomic E-state index is 12.3. The molecular weight excluding hydrogens is 412 g/mol. The number of hydrogen-bond donors (Lipinski definition) is 3. The molecular formula is C23H26N4O5. The third-order valence-electron chi connectivity index (χ3n) is 4.95. The van der Waals surface area contributed by atoms with Crippen molar-refractivity contribution in [1.29, 1.82) is 5.41 Å². The molecule has 1 aliphatic heterocycles. The van der Waals surface area contributed by atoms with Crippen LogP contribution in [-0.4, -0.2) is 48.4 Å². The van der Waals surface area contributed by atoms with Gasteiger partial charge in [0.25, 0.3) is 5.91 Å². The van der Waals surface area contributed by atoms with E-state index in [1.54, 1.807) is 53.4 Å². The van der Waals surface area contributed by atoms with Crippen LogP contribution in [0.4, 0.5) is 5.69 Å². The minimum Gasteiger partial charge on any atom is -0.455 e. The van der Waals surface area contributed by atoms with E-state index >= 15 is 0 Å². The van der Waals surface area contributed by atoms with Crippen LogP contribution in [0.2, 0.25) is 0 Å². The number of hydrogen-bond acceptors (Lipinski definition) is 6. The quantitative estimate of drug-likeness (QED) is 0.261. The van der Waals surface area contributed by atoms with Gasteiger partial charge in [-0.1, -0.05) is 12.1 Å². The van der Waals surface area contributed by atoms with Gasteiger partial charge in [-0.05, 0) is 61.2 Å². The van der Waals surface area contributed by atoms with Crippen molar-refractivity contribution in [3.63, 3.8) is 0 Å². The molecule has 3 rings (SSSR count). The van der Waals surface area contributed by atoms with Crippen molar-refractivity contribution < 1.29 is 23.9 Å². The minimum atomic E-state index is -0.539. The van der Waals surface area contributed by atoms with E-state index < -0.39 is 11.9 Å². The smallest absolute Gasteiger partial charge is 0.343 e. The van der Waals surface area contributed by atoms with Gasteiger partial charge in [0.1, 0.15) is 5.75 Å². The maximum atomic E-state index is 12.3. The van der Waals surface area contributed by atoms with E-state index in [1.165, 1.54) is 0 Å². The Morgan fingerprint density at radius 2 is 1.62 bits per heavy atom. The van der Waals surface area contributed by atoms with Crippen LogP contribution in [-0.2, 0) is 20.7 Å². The molecule has 2 aromatic carbocycles. The number of nitrogens with one attached hydrogen (secondary N) is 2. The maximum Gasteiger partial charge on any atom is 0.343 e. The van der Waals surface area contributed by atoms with Crippen LogP contribution in [0.5, 0.6) is 5.75 Å². The lowest BCUT2D eigenvalue weighted by Gasteiger charge is -2.26. The normalized spacial score (nSPS) is 13.2. The van der Waals surface area contributed by atoms with E-state index in [0.29, 0.717) is 22.6 Å². The van der Waals surface area contributed by atoms with Gasteiger partial charge >= 0.3 is 11.9 Å². The molecule has 9 nitrogen and oxygen atoms in total. The Bertz CT molecular complexity index is 967. The van der Waals surface area contributed by atoms with Crippen molar-refractivity contribution in [3.05, 3.63) is 59.7 Å². The molecule has 0 aliphatic carbocycles. The van der Waals surface area contributed by atoms with Crippen molar-refractivity contribution in [2.75, 3.05) is 25.0 Å². The lowest BCUT2D eigenvalue weighted by Crippen LogP contribution is -2.38. The summed E-state index contributed by atoms with van der Waals surface area (Å²) in [4.78, 5) is 38.1. The number of amides is 1.